The number of nitrogens with one attached hydrogen (secondary N) is 2. The van der Waals surface area contributed by atoms with Crippen LogP contribution in [0.25, 0.3) is 0 Å². The fourth-order valence-electron chi connectivity index (χ4n) is 1.88. The van der Waals surface area contributed by atoms with Crippen molar-refractivity contribution in [2.75, 3.05) is 6.54 Å². The van der Waals surface area contributed by atoms with Crippen LogP contribution in [-0.2, 0) is 24.3 Å². The molecular weight excluding hydrogens is 344 g/mol. The molecule has 0 aliphatic rings. The molecule has 0 saturated heterocycles. The van der Waals surface area contributed by atoms with Crippen molar-refractivity contribution < 1.29 is 22.7 Å². The number of carbonyl (C=O) groups is 2. The van der Waals surface area contributed by atoms with Gasteiger partial charge in [0.15, 0.2) is 6.10 Å². The first-order valence-corrected chi connectivity index (χ1v) is 9.38. The van der Waals surface area contributed by atoms with Crippen LogP contribution in [0, 0.1) is 13.8 Å². The second kappa shape index (κ2) is 7.97. The van der Waals surface area contributed by atoms with Gasteiger partial charge in [-0.05, 0) is 64.8 Å². The lowest BCUT2D eigenvalue weighted by atomic mass is 10.1. The number of hydrogen-bond donors (Lipinski definition) is 2. The number of ether oxygens (including phenoxy) is 1. The highest BCUT2D eigenvalue weighted by Crippen LogP contribution is 2.14. The molecule has 1 atom stereocenters. The molecule has 0 aliphatic heterocycles. The molecule has 0 spiro atoms. The summed E-state index contributed by atoms with van der Waals surface area (Å²) in [7, 11) is -3.83. The molecule has 1 aromatic rings. The van der Waals surface area contributed by atoms with Gasteiger partial charge in [-0.3, -0.25) is 9.59 Å². The van der Waals surface area contributed by atoms with Crippen LogP contribution in [0.5, 0.6) is 0 Å². The standard InChI is InChI=1S/C17H26N2O5S/c1-11-7-8-14(9-12(11)2)25(22,23)18-10-15(20)24-13(3)16(21)19-17(4,5)6/h7-9,13,18H,10H2,1-6H3,(H,19,21)/t13-/m1/s1. The molecule has 0 aliphatic carbocycles. The Morgan fingerprint density at radius 3 is 2.28 bits per heavy atom. The predicted molar refractivity (Wildman–Crippen MR) is 94.6 cm³/mol. The van der Waals surface area contributed by atoms with Crippen molar-refractivity contribution in [3.05, 3.63) is 29.3 Å². The molecule has 1 aromatic carbocycles. The summed E-state index contributed by atoms with van der Waals surface area (Å²) in [5.74, 6) is -1.28. The van der Waals surface area contributed by atoms with E-state index in [2.05, 4.69) is 10.0 Å². The van der Waals surface area contributed by atoms with E-state index in [1.807, 2.05) is 6.92 Å². The van der Waals surface area contributed by atoms with Gasteiger partial charge in [-0.1, -0.05) is 6.07 Å². The number of carbonyl (C=O) groups excluding carboxylic acids is 2. The van der Waals surface area contributed by atoms with Crippen LogP contribution in [0.15, 0.2) is 23.1 Å². The Balaban J connectivity index is 2.63. The molecule has 0 fully saturated rings. The zero-order valence-corrected chi connectivity index (χ0v) is 16.3. The maximum absolute atomic E-state index is 12.2. The maximum Gasteiger partial charge on any atom is 0.321 e. The van der Waals surface area contributed by atoms with Crippen molar-refractivity contribution in [1.82, 2.24) is 10.0 Å². The highest BCUT2D eigenvalue weighted by molar-refractivity contribution is 7.89. The van der Waals surface area contributed by atoms with Crippen LogP contribution in [-0.4, -0.2) is 38.5 Å². The predicted octanol–water partition coefficient (Wildman–Crippen LogP) is 1.43. The second-order valence-corrected chi connectivity index (χ2v) is 8.71. The van der Waals surface area contributed by atoms with E-state index in [0.29, 0.717) is 0 Å². The van der Waals surface area contributed by atoms with Crippen LogP contribution in [0.4, 0.5) is 0 Å². The van der Waals surface area contributed by atoms with E-state index in [-0.39, 0.29) is 4.90 Å². The topological polar surface area (TPSA) is 102 Å². The van der Waals surface area contributed by atoms with Gasteiger partial charge in [0.1, 0.15) is 6.54 Å². The number of amides is 1. The lowest BCUT2D eigenvalue weighted by Crippen LogP contribution is -2.46. The molecule has 2 N–H and O–H groups in total. The monoisotopic (exact) mass is 370 g/mol. The average molecular weight is 370 g/mol. The van der Waals surface area contributed by atoms with Gasteiger partial charge in [0.25, 0.3) is 5.91 Å². The lowest BCUT2D eigenvalue weighted by molar-refractivity contribution is -0.154. The summed E-state index contributed by atoms with van der Waals surface area (Å²) in [5.41, 5.74) is 1.35. The summed E-state index contributed by atoms with van der Waals surface area (Å²) in [6.45, 7) is 9.96. The Kier molecular flexibility index (Phi) is 6.73. The first-order valence-electron chi connectivity index (χ1n) is 7.90. The minimum atomic E-state index is -3.83. The highest BCUT2D eigenvalue weighted by Gasteiger charge is 2.23. The normalized spacial score (nSPS) is 13.2. The highest BCUT2D eigenvalue weighted by atomic mass is 32.2. The van der Waals surface area contributed by atoms with Crippen LogP contribution >= 0.6 is 0 Å². The van der Waals surface area contributed by atoms with Crippen LogP contribution in [0.2, 0.25) is 0 Å². The minimum absolute atomic E-state index is 0.0712. The van der Waals surface area contributed by atoms with Crippen LogP contribution in [0.3, 0.4) is 0 Å². The van der Waals surface area contributed by atoms with Crippen molar-refractivity contribution in [3.63, 3.8) is 0 Å². The fraction of sp³-hybridized carbons (Fsp3) is 0.529. The largest absolute Gasteiger partial charge is 0.452 e. The van der Waals surface area contributed by atoms with Crippen LogP contribution < -0.4 is 10.0 Å². The third-order valence-corrected chi connectivity index (χ3v) is 4.77. The first-order chi connectivity index (χ1) is 11.3. The van der Waals surface area contributed by atoms with Crippen molar-refractivity contribution in [2.45, 2.75) is 58.1 Å². The van der Waals surface area contributed by atoms with Gasteiger partial charge in [0.2, 0.25) is 10.0 Å². The molecular formula is C17H26N2O5S. The number of esters is 1. The molecule has 0 bridgehead atoms. The molecule has 0 radical (unpaired) electrons. The van der Waals surface area contributed by atoms with E-state index in [0.717, 1.165) is 11.1 Å². The van der Waals surface area contributed by atoms with E-state index in [1.165, 1.54) is 19.1 Å². The molecule has 1 rings (SSSR count). The van der Waals surface area contributed by atoms with Crippen molar-refractivity contribution in [2.24, 2.45) is 0 Å². The molecule has 0 heterocycles. The Bertz CT molecular complexity index is 751. The van der Waals surface area contributed by atoms with E-state index >= 15 is 0 Å². The summed E-state index contributed by atoms with van der Waals surface area (Å²) in [4.78, 5) is 23.7. The summed E-state index contributed by atoms with van der Waals surface area (Å²) in [5, 5.41) is 2.68. The Morgan fingerprint density at radius 1 is 1.16 bits per heavy atom. The van der Waals surface area contributed by atoms with Crippen molar-refractivity contribution >= 4 is 21.9 Å². The number of rotatable bonds is 6. The molecule has 8 heteroatoms. The molecule has 0 unspecified atom stereocenters. The molecule has 0 saturated carbocycles. The number of sulfonamides is 1. The molecule has 140 valence electrons. The van der Waals surface area contributed by atoms with Gasteiger partial charge < -0.3 is 10.1 Å². The Morgan fingerprint density at radius 2 is 1.76 bits per heavy atom. The number of aryl methyl sites for hydroxylation is 2. The summed E-state index contributed by atoms with van der Waals surface area (Å²) in [6.07, 6.45) is -1.02. The Labute approximate surface area is 149 Å². The minimum Gasteiger partial charge on any atom is -0.452 e. The smallest absolute Gasteiger partial charge is 0.321 e. The SMILES string of the molecule is Cc1ccc(S(=O)(=O)NCC(=O)O[C@H](C)C(=O)NC(C)(C)C)cc1C. The van der Waals surface area contributed by atoms with Gasteiger partial charge in [0.05, 0.1) is 4.90 Å². The summed E-state index contributed by atoms with van der Waals surface area (Å²) < 4.78 is 31.6. The quantitative estimate of drug-likeness (QED) is 0.738. The third-order valence-electron chi connectivity index (χ3n) is 3.37. The average Bonchev–Trinajstić information content (AvgIpc) is 2.46. The van der Waals surface area contributed by atoms with E-state index in [1.54, 1.807) is 33.8 Å². The van der Waals surface area contributed by atoms with E-state index < -0.39 is 40.1 Å². The lowest BCUT2D eigenvalue weighted by Gasteiger charge is -2.23. The van der Waals surface area contributed by atoms with Gasteiger partial charge >= 0.3 is 5.97 Å². The Hall–Kier alpha value is -1.93. The van der Waals surface area contributed by atoms with Crippen molar-refractivity contribution in [1.29, 1.82) is 0 Å². The molecule has 0 aromatic heterocycles. The number of hydrogen-bond acceptors (Lipinski definition) is 5. The maximum atomic E-state index is 12.2. The zero-order valence-electron chi connectivity index (χ0n) is 15.5. The number of benzene rings is 1. The fourth-order valence-corrected chi connectivity index (χ4v) is 2.94. The van der Waals surface area contributed by atoms with Gasteiger partial charge in [0, 0.05) is 5.54 Å². The summed E-state index contributed by atoms with van der Waals surface area (Å²) >= 11 is 0. The zero-order chi connectivity index (χ0) is 19.4. The van der Waals surface area contributed by atoms with Gasteiger partial charge in [-0.15, -0.1) is 0 Å². The van der Waals surface area contributed by atoms with Gasteiger partial charge in [-0.25, -0.2) is 8.42 Å². The molecule has 1 amide bonds. The summed E-state index contributed by atoms with van der Waals surface area (Å²) in [6, 6.07) is 4.69. The third kappa shape index (κ3) is 6.83. The van der Waals surface area contributed by atoms with E-state index in [9.17, 15) is 18.0 Å². The molecule has 25 heavy (non-hydrogen) atoms. The van der Waals surface area contributed by atoms with Gasteiger partial charge in [-0.2, -0.15) is 4.72 Å². The van der Waals surface area contributed by atoms with Crippen LogP contribution in [0.1, 0.15) is 38.8 Å². The van der Waals surface area contributed by atoms with Crippen molar-refractivity contribution in [3.8, 4) is 0 Å². The molecule has 7 nitrogen and oxygen atoms in total. The first kappa shape index (κ1) is 21.1. The van der Waals surface area contributed by atoms with E-state index in [4.69, 9.17) is 4.74 Å². The second-order valence-electron chi connectivity index (χ2n) is 6.94.